The summed E-state index contributed by atoms with van der Waals surface area (Å²) < 4.78 is 10.9. The van der Waals surface area contributed by atoms with Crippen molar-refractivity contribution in [1.82, 2.24) is 0 Å². The summed E-state index contributed by atoms with van der Waals surface area (Å²) in [4.78, 5) is 11.6. The molecule has 0 aromatic heterocycles. The second-order valence-electron chi connectivity index (χ2n) is 4.34. The molecule has 1 heterocycles. The first-order valence-corrected chi connectivity index (χ1v) is 4.73. The standard InChI is InChI=1S/C10H18O3/c1-6(2)9-8(11)7(3)12-10(4,5)13-9/h6-7,9H,1-5H3/t7-,9-/m0/s1. The third-order valence-electron chi connectivity index (χ3n) is 2.16. The fourth-order valence-electron chi connectivity index (χ4n) is 1.57. The van der Waals surface area contributed by atoms with Gasteiger partial charge in [-0.2, -0.15) is 0 Å². The van der Waals surface area contributed by atoms with Gasteiger partial charge in [-0.05, 0) is 26.7 Å². The highest BCUT2D eigenvalue weighted by molar-refractivity contribution is 5.87. The van der Waals surface area contributed by atoms with Gasteiger partial charge in [-0.3, -0.25) is 4.79 Å². The second kappa shape index (κ2) is 3.39. The first-order valence-electron chi connectivity index (χ1n) is 4.73. The van der Waals surface area contributed by atoms with E-state index in [-0.39, 0.29) is 23.9 Å². The van der Waals surface area contributed by atoms with Crippen molar-refractivity contribution in [3.05, 3.63) is 0 Å². The quantitative estimate of drug-likeness (QED) is 0.626. The molecule has 0 bridgehead atoms. The van der Waals surface area contributed by atoms with Crippen LogP contribution < -0.4 is 0 Å². The van der Waals surface area contributed by atoms with Crippen molar-refractivity contribution < 1.29 is 14.3 Å². The molecule has 1 fully saturated rings. The van der Waals surface area contributed by atoms with Crippen LogP contribution in [0.2, 0.25) is 0 Å². The first-order chi connectivity index (χ1) is 5.83. The summed E-state index contributed by atoms with van der Waals surface area (Å²) in [6.07, 6.45) is -0.671. The van der Waals surface area contributed by atoms with Gasteiger partial charge in [-0.15, -0.1) is 0 Å². The Hall–Kier alpha value is -0.410. The minimum absolute atomic E-state index is 0.0503. The normalized spacial score (nSPS) is 33.8. The first kappa shape index (κ1) is 10.7. The molecule has 13 heavy (non-hydrogen) atoms. The molecule has 2 atom stereocenters. The van der Waals surface area contributed by atoms with Crippen LogP contribution in [-0.2, 0) is 14.3 Å². The molecule has 1 aliphatic heterocycles. The highest BCUT2D eigenvalue weighted by atomic mass is 16.7. The van der Waals surface area contributed by atoms with Gasteiger partial charge in [0.15, 0.2) is 11.6 Å². The average Bonchev–Trinajstić information content (AvgIpc) is 1.95. The van der Waals surface area contributed by atoms with E-state index in [1.807, 2.05) is 27.7 Å². The summed E-state index contributed by atoms with van der Waals surface area (Å²) in [5, 5.41) is 0. The number of ketones is 1. The molecule has 3 nitrogen and oxygen atoms in total. The van der Waals surface area contributed by atoms with Crippen LogP contribution in [0.1, 0.15) is 34.6 Å². The summed E-state index contributed by atoms with van der Waals surface area (Å²) in [7, 11) is 0. The lowest BCUT2D eigenvalue weighted by atomic mass is 9.98. The highest BCUT2D eigenvalue weighted by Gasteiger charge is 2.41. The van der Waals surface area contributed by atoms with E-state index in [9.17, 15) is 4.79 Å². The summed E-state index contributed by atoms with van der Waals surface area (Å²) in [5.41, 5.74) is 0. The predicted octanol–water partition coefficient (Wildman–Crippen LogP) is 1.75. The van der Waals surface area contributed by atoms with Crippen LogP contribution in [0.3, 0.4) is 0 Å². The number of ether oxygens (including phenoxy) is 2. The Morgan fingerprint density at radius 2 is 1.85 bits per heavy atom. The summed E-state index contributed by atoms with van der Waals surface area (Å²) in [5.74, 6) is -0.380. The van der Waals surface area contributed by atoms with E-state index < -0.39 is 5.79 Å². The summed E-state index contributed by atoms with van der Waals surface area (Å²) >= 11 is 0. The SMILES string of the molecule is CC(C)[C@@H]1OC(C)(C)O[C@@H](C)C1=O. The van der Waals surface area contributed by atoms with Crippen molar-refractivity contribution >= 4 is 5.78 Å². The van der Waals surface area contributed by atoms with Crippen LogP contribution in [0, 0.1) is 5.92 Å². The molecule has 3 heteroatoms. The van der Waals surface area contributed by atoms with Gasteiger partial charge in [-0.25, -0.2) is 0 Å². The molecule has 0 unspecified atom stereocenters. The average molecular weight is 186 g/mol. The molecule has 1 aliphatic rings. The molecule has 0 saturated carbocycles. The second-order valence-corrected chi connectivity index (χ2v) is 4.34. The Balaban J connectivity index is 2.79. The van der Waals surface area contributed by atoms with Crippen LogP contribution >= 0.6 is 0 Å². The van der Waals surface area contributed by atoms with E-state index in [0.29, 0.717) is 0 Å². The Bertz CT molecular complexity index is 208. The van der Waals surface area contributed by atoms with Gasteiger partial charge in [0, 0.05) is 0 Å². The van der Waals surface area contributed by atoms with Gasteiger partial charge in [0.05, 0.1) is 0 Å². The minimum Gasteiger partial charge on any atom is -0.340 e. The summed E-state index contributed by atoms with van der Waals surface area (Å²) in [6, 6.07) is 0. The van der Waals surface area contributed by atoms with Crippen molar-refractivity contribution in [1.29, 1.82) is 0 Å². The van der Waals surface area contributed by atoms with Gasteiger partial charge >= 0.3 is 0 Å². The Morgan fingerprint density at radius 3 is 2.31 bits per heavy atom. The van der Waals surface area contributed by atoms with E-state index in [0.717, 1.165) is 0 Å². The maximum absolute atomic E-state index is 11.6. The maximum Gasteiger partial charge on any atom is 0.190 e. The van der Waals surface area contributed by atoms with E-state index in [1.54, 1.807) is 6.92 Å². The van der Waals surface area contributed by atoms with E-state index in [2.05, 4.69) is 0 Å². The van der Waals surface area contributed by atoms with Gasteiger partial charge in [0.25, 0.3) is 0 Å². The zero-order valence-corrected chi connectivity index (χ0v) is 8.96. The molecule has 0 N–H and O–H groups in total. The van der Waals surface area contributed by atoms with Crippen LogP contribution in [0.4, 0.5) is 0 Å². The largest absolute Gasteiger partial charge is 0.340 e. The van der Waals surface area contributed by atoms with Crippen molar-refractivity contribution in [2.24, 2.45) is 5.92 Å². The molecule has 0 spiro atoms. The summed E-state index contributed by atoms with van der Waals surface area (Å²) in [6.45, 7) is 9.42. The molecule has 0 amide bonds. The van der Waals surface area contributed by atoms with E-state index in [1.165, 1.54) is 0 Å². The monoisotopic (exact) mass is 186 g/mol. The number of rotatable bonds is 1. The van der Waals surface area contributed by atoms with Gasteiger partial charge in [0.2, 0.25) is 0 Å². The lowest BCUT2D eigenvalue weighted by Crippen LogP contribution is -2.52. The third-order valence-corrected chi connectivity index (χ3v) is 2.16. The number of carbonyl (C=O) groups excluding carboxylic acids is 1. The van der Waals surface area contributed by atoms with Crippen molar-refractivity contribution in [2.45, 2.75) is 52.6 Å². The van der Waals surface area contributed by atoms with Crippen molar-refractivity contribution in [3.63, 3.8) is 0 Å². The highest BCUT2D eigenvalue weighted by Crippen LogP contribution is 2.27. The minimum atomic E-state index is -0.637. The molecule has 0 aromatic rings. The van der Waals surface area contributed by atoms with Crippen molar-refractivity contribution in [2.75, 3.05) is 0 Å². The lowest BCUT2D eigenvalue weighted by molar-refractivity contribution is -0.282. The third kappa shape index (κ3) is 2.29. The molecule has 0 radical (unpaired) electrons. The molecule has 0 aliphatic carbocycles. The molecule has 1 saturated heterocycles. The Morgan fingerprint density at radius 1 is 1.31 bits per heavy atom. The topological polar surface area (TPSA) is 35.5 Å². The van der Waals surface area contributed by atoms with Gasteiger partial charge in [0.1, 0.15) is 12.2 Å². The number of carbonyl (C=O) groups is 1. The lowest BCUT2D eigenvalue weighted by Gasteiger charge is -2.39. The number of hydrogen-bond acceptors (Lipinski definition) is 3. The van der Waals surface area contributed by atoms with Crippen LogP contribution in [0.15, 0.2) is 0 Å². The maximum atomic E-state index is 11.6. The Kier molecular flexibility index (Phi) is 2.78. The molecular formula is C10H18O3. The number of Topliss-reactive ketones (excluding diaryl/α,β-unsaturated/α-hetero) is 1. The fraction of sp³-hybridized carbons (Fsp3) is 0.900. The van der Waals surface area contributed by atoms with Gasteiger partial charge < -0.3 is 9.47 Å². The van der Waals surface area contributed by atoms with E-state index >= 15 is 0 Å². The van der Waals surface area contributed by atoms with Gasteiger partial charge in [-0.1, -0.05) is 13.8 Å². The smallest absolute Gasteiger partial charge is 0.190 e. The molecule has 0 aromatic carbocycles. The van der Waals surface area contributed by atoms with E-state index in [4.69, 9.17) is 9.47 Å². The zero-order chi connectivity index (χ0) is 10.2. The van der Waals surface area contributed by atoms with Crippen LogP contribution in [-0.4, -0.2) is 23.8 Å². The van der Waals surface area contributed by atoms with Crippen molar-refractivity contribution in [3.8, 4) is 0 Å². The predicted molar refractivity (Wildman–Crippen MR) is 49.3 cm³/mol. The van der Waals surface area contributed by atoms with Crippen LogP contribution in [0.5, 0.6) is 0 Å². The zero-order valence-electron chi connectivity index (χ0n) is 8.96. The number of hydrogen-bond donors (Lipinski definition) is 0. The molecule has 76 valence electrons. The Labute approximate surface area is 79.4 Å². The van der Waals surface area contributed by atoms with Crippen LogP contribution in [0.25, 0.3) is 0 Å². The molecular weight excluding hydrogens is 168 g/mol. The molecule has 1 rings (SSSR count). The fourth-order valence-corrected chi connectivity index (χ4v) is 1.57.